The zero-order valence-electron chi connectivity index (χ0n) is 14.9. The molecule has 7 nitrogen and oxygen atoms in total. The normalized spacial score (nSPS) is 14.1. The fourth-order valence-electron chi connectivity index (χ4n) is 3.09. The van der Waals surface area contributed by atoms with Crippen molar-refractivity contribution in [2.24, 2.45) is 0 Å². The van der Waals surface area contributed by atoms with Crippen LogP contribution in [0.3, 0.4) is 0 Å². The molecule has 0 aliphatic carbocycles. The van der Waals surface area contributed by atoms with Crippen molar-refractivity contribution in [3.8, 4) is 0 Å². The Labute approximate surface area is 174 Å². The quantitative estimate of drug-likeness (QED) is 0.346. The average molecular weight is 384 g/mol. The van der Waals surface area contributed by atoms with Crippen molar-refractivity contribution in [2.75, 3.05) is 27.2 Å². The van der Waals surface area contributed by atoms with E-state index in [-0.39, 0.29) is 58.0 Å². The van der Waals surface area contributed by atoms with E-state index < -0.39 is 26.8 Å². The third kappa shape index (κ3) is 3.71. The largest absolute Gasteiger partial charge is 1.00 e. The molecule has 2 amide bonds. The van der Waals surface area contributed by atoms with Gasteiger partial charge in [0, 0.05) is 28.4 Å². The summed E-state index contributed by atoms with van der Waals surface area (Å²) in [6.07, 6.45) is 0.628. The molecule has 0 bridgehead atoms. The van der Waals surface area contributed by atoms with Crippen LogP contribution in [0.5, 0.6) is 0 Å². The van der Waals surface area contributed by atoms with E-state index in [1.165, 1.54) is 23.1 Å². The zero-order chi connectivity index (χ0) is 18.4. The van der Waals surface area contributed by atoms with E-state index in [2.05, 4.69) is 0 Å². The summed E-state index contributed by atoms with van der Waals surface area (Å²) < 4.78 is 34.4. The minimum Gasteiger partial charge on any atom is -0.744 e. The van der Waals surface area contributed by atoms with Crippen LogP contribution in [0, 0.1) is 0 Å². The molecular formula is C17H17N2NaO5S. The predicted octanol–water partition coefficient (Wildman–Crippen LogP) is -1.70. The first-order chi connectivity index (χ1) is 11.7. The van der Waals surface area contributed by atoms with Gasteiger partial charge in [-0.2, -0.15) is 0 Å². The number of benzene rings is 2. The minimum atomic E-state index is -4.71. The van der Waals surface area contributed by atoms with Gasteiger partial charge in [-0.1, -0.05) is 12.1 Å². The van der Waals surface area contributed by atoms with Gasteiger partial charge < -0.3 is 9.45 Å². The van der Waals surface area contributed by atoms with Gasteiger partial charge in [0.15, 0.2) is 0 Å². The van der Waals surface area contributed by atoms with Gasteiger partial charge in [-0.25, -0.2) is 8.42 Å². The third-order valence-electron chi connectivity index (χ3n) is 4.21. The van der Waals surface area contributed by atoms with Crippen LogP contribution in [-0.2, 0) is 10.1 Å². The maximum absolute atomic E-state index is 12.7. The molecule has 0 radical (unpaired) electrons. The summed E-state index contributed by atoms with van der Waals surface area (Å²) >= 11 is 0. The maximum atomic E-state index is 12.7. The first kappa shape index (κ1) is 21.0. The van der Waals surface area contributed by atoms with Crippen LogP contribution >= 0.6 is 0 Å². The van der Waals surface area contributed by atoms with Gasteiger partial charge in [0.2, 0.25) is 0 Å². The summed E-state index contributed by atoms with van der Waals surface area (Å²) in [4.78, 5) is 28.1. The van der Waals surface area contributed by atoms with Crippen LogP contribution in [0.15, 0.2) is 35.2 Å². The summed E-state index contributed by atoms with van der Waals surface area (Å²) in [6.45, 7) is 0.995. The van der Waals surface area contributed by atoms with Crippen molar-refractivity contribution in [3.05, 3.63) is 41.5 Å². The van der Waals surface area contributed by atoms with Gasteiger partial charge >= 0.3 is 29.6 Å². The molecule has 2 aromatic rings. The van der Waals surface area contributed by atoms with E-state index in [1.54, 1.807) is 6.07 Å². The number of imide groups is 1. The fourth-order valence-corrected chi connectivity index (χ4v) is 3.76. The SMILES string of the molecule is CN(C)CCCN1C(=O)c2cccc3c(S(=O)(=O)[O-])ccc(c23)C1=O.[Na+]. The van der Waals surface area contributed by atoms with E-state index in [0.29, 0.717) is 6.42 Å². The summed E-state index contributed by atoms with van der Waals surface area (Å²) in [7, 11) is -0.904. The minimum absolute atomic E-state index is 0. The molecule has 0 N–H and O–H groups in total. The zero-order valence-corrected chi connectivity index (χ0v) is 17.7. The van der Waals surface area contributed by atoms with Crippen molar-refractivity contribution in [3.63, 3.8) is 0 Å². The van der Waals surface area contributed by atoms with E-state index in [4.69, 9.17) is 0 Å². The van der Waals surface area contributed by atoms with Gasteiger partial charge in [-0.05, 0) is 45.3 Å². The van der Waals surface area contributed by atoms with Gasteiger partial charge in [0.25, 0.3) is 11.8 Å². The molecule has 0 fully saturated rings. The Balaban J connectivity index is 0.00000243. The van der Waals surface area contributed by atoms with E-state index in [1.807, 2.05) is 19.0 Å². The Kier molecular flexibility index (Phi) is 6.27. The van der Waals surface area contributed by atoms with Crippen LogP contribution in [0.1, 0.15) is 27.1 Å². The van der Waals surface area contributed by atoms with Gasteiger partial charge in [0.1, 0.15) is 10.1 Å². The summed E-state index contributed by atoms with van der Waals surface area (Å²) in [5.74, 6) is -0.940. The molecule has 0 unspecified atom stereocenters. The molecule has 132 valence electrons. The molecule has 0 aromatic heterocycles. The number of amides is 2. The van der Waals surface area contributed by atoms with Crippen LogP contribution in [0.2, 0.25) is 0 Å². The standard InChI is InChI=1S/C17H18N2O5S.Na/c1-18(2)9-4-10-19-16(20)12-6-3-5-11-14(25(22,23)24)8-7-13(15(11)12)17(19)21;/h3,5-8H,4,9-10H2,1-2H3,(H,22,23,24);/q;+1/p-1. The monoisotopic (exact) mass is 384 g/mol. The summed E-state index contributed by atoms with van der Waals surface area (Å²) in [5.41, 5.74) is 0.477. The molecule has 9 heteroatoms. The Hall–Kier alpha value is -1.29. The van der Waals surface area contributed by atoms with Gasteiger partial charge in [0.05, 0.1) is 4.90 Å². The Morgan fingerprint density at radius 2 is 1.65 bits per heavy atom. The first-order valence-electron chi connectivity index (χ1n) is 7.74. The second-order valence-electron chi connectivity index (χ2n) is 6.21. The average Bonchev–Trinajstić information content (AvgIpc) is 2.53. The van der Waals surface area contributed by atoms with Crippen molar-refractivity contribution < 1.29 is 52.1 Å². The predicted molar refractivity (Wildman–Crippen MR) is 90.4 cm³/mol. The second-order valence-corrected chi connectivity index (χ2v) is 7.56. The van der Waals surface area contributed by atoms with Gasteiger partial charge in [-0.15, -0.1) is 0 Å². The maximum Gasteiger partial charge on any atom is 1.00 e. The molecule has 1 aliphatic heterocycles. The van der Waals surface area contributed by atoms with Crippen molar-refractivity contribution >= 4 is 32.7 Å². The Bertz CT molecular complexity index is 966. The summed E-state index contributed by atoms with van der Waals surface area (Å²) in [5, 5.41) is 0.345. The Morgan fingerprint density at radius 3 is 2.23 bits per heavy atom. The number of carbonyl (C=O) groups is 2. The Morgan fingerprint density at radius 1 is 1.04 bits per heavy atom. The number of carbonyl (C=O) groups excluding carboxylic acids is 2. The fraction of sp³-hybridized carbons (Fsp3) is 0.294. The molecule has 1 heterocycles. The van der Waals surface area contributed by atoms with E-state index >= 15 is 0 Å². The van der Waals surface area contributed by atoms with Crippen LogP contribution in [0.25, 0.3) is 10.8 Å². The van der Waals surface area contributed by atoms with E-state index in [0.717, 1.165) is 12.6 Å². The molecule has 1 aliphatic rings. The van der Waals surface area contributed by atoms with Crippen LogP contribution in [0.4, 0.5) is 0 Å². The molecule has 2 aromatic carbocycles. The number of nitrogens with zero attached hydrogens (tertiary/aromatic N) is 2. The molecule has 0 atom stereocenters. The van der Waals surface area contributed by atoms with Crippen LogP contribution < -0.4 is 29.6 Å². The molecule has 0 saturated heterocycles. The molecule has 0 saturated carbocycles. The third-order valence-corrected chi connectivity index (χ3v) is 5.10. The number of hydrogen-bond donors (Lipinski definition) is 0. The van der Waals surface area contributed by atoms with Gasteiger partial charge in [-0.3, -0.25) is 14.5 Å². The molecule has 0 spiro atoms. The smallest absolute Gasteiger partial charge is 0.744 e. The molecule has 3 rings (SSSR count). The molecular weight excluding hydrogens is 367 g/mol. The number of hydrogen-bond acceptors (Lipinski definition) is 6. The molecule has 26 heavy (non-hydrogen) atoms. The second kappa shape index (κ2) is 7.75. The van der Waals surface area contributed by atoms with Crippen LogP contribution in [-0.4, -0.2) is 61.8 Å². The first-order valence-corrected chi connectivity index (χ1v) is 9.15. The number of rotatable bonds is 5. The van der Waals surface area contributed by atoms with Crippen molar-refractivity contribution in [2.45, 2.75) is 11.3 Å². The van der Waals surface area contributed by atoms with Crippen molar-refractivity contribution in [1.29, 1.82) is 0 Å². The van der Waals surface area contributed by atoms with Crippen molar-refractivity contribution in [1.82, 2.24) is 9.80 Å². The topological polar surface area (TPSA) is 97.8 Å². The summed E-state index contributed by atoms with van der Waals surface area (Å²) in [6, 6.07) is 6.94. The van der Waals surface area contributed by atoms with E-state index in [9.17, 15) is 22.6 Å².